The van der Waals surface area contributed by atoms with Gasteiger partial charge in [0.25, 0.3) is 0 Å². The Morgan fingerprint density at radius 1 is 1.05 bits per heavy atom. The van der Waals surface area contributed by atoms with Gasteiger partial charge in [-0.3, -0.25) is 0 Å². The minimum Gasteiger partial charge on any atom is -0.211 e. The second-order valence-electron chi connectivity index (χ2n) is 4.70. The zero-order chi connectivity index (χ0) is 14.7. The van der Waals surface area contributed by atoms with E-state index in [1.54, 1.807) is 4.68 Å². The summed E-state index contributed by atoms with van der Waals surface area (Å²) >= 11 is 0. The molecule has 1 aromatic heterocycles. The van der Waals surface area contributed by atoms with Crippen LogP contribution in [0.25, 0.3) is 16.9 Å². The van der Waals surface area contributed by atoms with Crippen LogP contribution >= 0.6 is 0 Å². The van der Waals surface area contributed by atoms with Crippen molar-refractivity contribution in [3.05, 3.63) is 65.9 Å². The number of benzene rings is 2. The summed E-state index contributed by atoms with van der Waals surface area (Å²) in [7, 11) is 0. The highest BCUT2D eigenvalue weighted by Crippen LogP contribution is 2.24. The van der Waals surface area contributed by atoms with Crippen LogP contribution in [0.1, 0.15) is 18.2 Å². The Morgan fingerprint density at radius 2 is 1.76 bits per heavy atom. The minimum atomic E-state index is 0.334. The Kier molecular flexibility index (Phi) is 3.48. The van der Waals surface area contributed by atoms with Gasteiger partial charge in [0.2, 0.25) is 0 Å². The van der Waals surface area contributed by atoms with Crippen LogP contribution in [0.2, 0.25) is 0 Å². The SMILES string of the molecule is CCc1ccc(-n2nnc(C#N)c2-c2ccccc2)cc1. The van der Waals surface area contributed by atoms with Gasteiger partial charge in [0, 0.05) is 5.56 Å². The van der Waals surface area contributed by atoms with E-state index in [2.05, 4.69) is 35.4 Å². The van der Waals surface area contributed by atoms with Gasteiger partial charge in [-0.05, 0) is 24.1 Å². The minimum absolute atomic E-state index is 0.334. The first-order valence-corrected chi connectivity index (χ1v) is 6.84. The average molecular weight is 274 g/mol. The largest absolute Gasteiger partial charge is 0.211 e. The van der Waals surface area contributed by atoms with E-state index in [-0.39, 0.29) is 0 Å². The summed E-state index contributed by atoms with van der Waals surface area (Å²) in [6.07, 6.45) is 0.993. The van der Waals surface area contributed by atoms with Crippen molar-refractivity contribution >= 4 is 0 Å². The highest BCUT2D eigenvalue weighted by Gasteiger charge is 2.15. The molecule has 0 bridgehead atoms. The van der Waals surface area contributed by atoms with Crippen LogP contribution in [0.3, 0.4) is 0 Å². The molecule has 21 heavy (non-hydrogen) atoms. The molecule has 0 N–H and O–H groups in total. The fraction of sp³-hybridized carbons (Fsp3) is 0.118. The Hall–Kier alpha value is -2.93. The molecule has 0 saturated heterocycles. The van der Waals surface area contributed by atoms with E-state index in [4.69, 9.17) is 0 Å². The molecule has 0 fully saturated rings. The highest BCUT2D eigenvalue weighted by atomic mass is 15.4. The lowest BCUT2D eigenvalue weighted by Gasteiger charge is -2.07. The molecule has 0 aliphatic carbocycles. The van der Waals surface area contributed by atoms with Gasteiger partial charge >= 0.3 is 0 Å². The molecule has 0 aliphatic rings. The van der Waals surface area contributed by atoms with Crippen LogP contribution in [0.15, 0.2) is 54.6 Å². The van der Waals surface area contributed by atoms with E-state index in [1.165, 1.54) is 5.56 Å². The fourth-order valence-electron chi connectivity index (χ4n) is 2.27. The highest BCUT2D eigenvalue weighted by molar-refractivity contribution is 5.66. The van der Waals surface area contributed by atoms with E-state index in [9.17, 15) is 5.26 Å². The molecule has 4 heteroatoms. The Morgan fingerprint density at radius 3 is 2.38 bits per heavy atom. The molecule has 3 aromatic rings. The van der Waals surface area contributed by atoms with Crippen molar-refractivity contribution in [3.8, 4) is 23.0 Å². The van der Waals surface area contributed by atoms with Crippen molar-refractivity contribution in [1.82, 2.24) is 15.0 Å². The molecule has 0 unspecified atom stereocenters. The topological polar surface area (TPSA) is 54.5 Å². The maximum absolute atomic E-state index is 9.26. The Labute approximate surface area is 123 Å². The first kappa shape index (κ1) is 13.1. The molecule has 4 nitrogen and oxygen atoms in total. The third-order valence-electron chi connectivity index (χ3n) is 3.41. The van der Waals surface area contributed by atoms with Crippen LogP contribution in [0.5, 0.6) is 0 Å². The number of rotatable bonds is 3. The average Bonchev–Trinajstić information content (AvgIpc) is 2.99. The van der Waals surface area contributed by atoms with Gasteiger partial charge in [-0.15, -0.1) is 5.10 Å². The second kappa shape index (κ2) is 5.59. The fourth-order valence-corrected chi connectivity index (χ4v) is 2.27. The molecule has 102 valence electrons. The van der Waals surface area contributed by atoms with Crippen molar-refractivity contribution in [3.63, 3.8) is 0 Å². The maximum atomic E-state index is 9.26. The smallest absolute Gasteiger partial charge is 0.191 e. The Bertz CT molecular complexity index is 780. The van der Waals surface area contributed by atoms with Crippen LogP contribution in [0.4, 0.5) is 0 Å². The van der Waals surface area contributed by atoms with E-state index in [0.29, 0.717) is 5.69 Å². The van der Waals surface area contributed by atoms with Crippen LogP contribution in [-0.4, -0.2) is 15.0 Å². The van der Waals surface area contributed by atoms with Crippen LogP contribution in [0, 0.1) is 11.3 Å². The standard InChI is InChI=1S/C17H14N4/c1-2-13-8-10-15(11-9-13)21-17(16(12-18)19-20-21)14-6-4-3-5-7-14/h3-11H,2H2,1H3. The van der Waals surface area contributed by atoms with Crippen molar-refractivity contribution in [1.29, 1.82) is 5.26 Å². The summed E-state index contributed by atoms with van der Waals surface area (Å²) in [5.41, 5.74) is 4.16. The monoisotopic (exact) mass is 274 g/mol. The zero-order valence-corrected chi connectivity index (χ0v) is 11.7. The summed E-state index contributed by atoms with van der Waals surface area (Å²) in [4.78, 5) is 0. The molecular weight excluding hydrogens is 260 g/mol. The van der Waals surface area contributed by atoms with E-state index in [0.717, 1.165) is 23.4 Å². The lowest BCUT2D eigenvalue weighted by molar-refractivity contribution is 0.806. The van der Waals surface area contributed by atoms with Gasteiger partial charge < -0.3 is 0 Å². The van der Waals surface area contributed by atoms with Gasteiger partial charge in [-0.1, -0.05) is 54.6 Å². The number of aromatic nitrogens is 3. The lowest BCUT2D eigenvalue weighted by atomic mass is 10.1. The van der Waals surface area contributed by atoms with E-state index in [1.807, 2.05) is 42.5 Å². The van der Waals surface area contributed by atoms with Gasteiger partial charge in [0.05, 0.1) is 5.69 Å². The Balaban J connectivity index is 2.15. The number of nitrogens with zero attached hydrogens (tertiary/aromatic N) is 4. The molecule has 0 saturated carbocycles. The van der Waals surface area contributed by atoms with Crippen LogP contribution < -0.4 is 0 Å². The van der Waals surface area contributed by atoms with Gasteiger partial charge in [-0.25, -0.2) is 4.68 Å². The molecular formula is C17H14N4. The molecule has 0 radical (unpaired) electrons. The predicted molar refractivity (Wildman–Crippen MR) is 80.9 cm³/mol. The number of aryl methyl sites for hydroxylation is 1. The number of nitriles is 1. The van der Waals surface area contributed by atoms with Crippen LogP contribution in [-0.2, 0) is 6.42 Å². The zero-order valence-electron chi connectivity index (χ0n) is 11.7. The van der Waals surface area contributed by atoms with Gasteiger partial charge in [0.15, 0.2) is 5.69 Å². The van der Waals surface area contributed by atoms with E-state index < -0.39 is 0 Å². The van der Waals surface area contributed by atoms with Crippen molar-refractivity contribution in [2.45, 2.75) is 13.3 Å². The van der Waals surface area contributed by atoms with E-state index >= 15 is 0 Å². The molecule has 2 aromatic carbocycles. The summed E-state index contributed by atoms with van der Waals surface area (Å²) in [5.74, 6) is 0. The summed E-state index contributed by atoms with van der Waals surface area (Å²) < 4.78 is 1.72. The van der Waals surface area contributed by atoms with Crippen molar-refractivity contribution in [2.24, 2.45) is 0 Å². The summed E-state index contributed by atoms with van der Waals surface area (Å²) in [5, 5.41) is 17.4. The molecule has 0 aliphatic heterocycles. The molecule has 0 atom stereocenters. The third-order valence-corrected chi connectivity index (χ3v) is 3.41. The maximum Gasteiger partial charge on any atom is 0.191 e. The second-order valence-corrected chi connectivity index (χ2v) is 4.70. The quantitative estimate of drug-likeness (QED) is 0.735. The van der Waals surface area contributed by atoms with Crippen molar-refractivity contribution < 1.29 is 0 Å². The summed E-state index contributed by atoms with van der Waals surface area (Å²) in [6.45, 7) is 2.12. The summed E-state index contributed by atoms with van der Waals surface area (Å²) in [6, 6.07) is 20.0. The number of hydrogen-bond donors (Lipinski definition) is 0. The van der Waals surface area contributed by atoms with Gasteiger partial charge in [0.1, 0.15) is 11.8 Å². The molecule has 0 amide bonds. The first-order chi connectivity index (χ1) is 10.3. The third kappa shape index (κ3) is 2.41. The van der Waals surface area contributed by atoms with Crippen molar-refractivity contribution in [2.75, 3.05) is 0 Å². The normalized spacial score (nSPS) is 10.3. The molecule has 1 heterocycles. The lowest BCUT2D eigenvalue weighted by Crippen LogP contribution is -2.00. The van der Waals surface area contributed by atoms with Gasteiger partial charge in [-0.2, -0.15) is 5.26 Å². The molecule has 3 rings (SSSR count). The number of hydrogen-bond acceptors (Lipinski definition) is 3. The molecule has 0 spiro atoms. The first-order valence-electron chi connectivity index (χ1n) is 6.84. The predicted octanol–water partition coefficient (Wildman–Crippen LogP) is 3.37.